The van der Waals surface area contributed by atoms with E-state index in [0.717, 1.165) is 23.5 Å². The second-order valence-corrected chi connectivity index (χ2v) is 7.53. The highest BCUT2D eigenvalue weighted by Crippen LogP contribution is 2.23. The number of carbonyl (C=O) groups is 2. The predicted molar refractivity (Wildman–Crippen MR) is 107 cm³/mol. The Hall–Kier alpha value is -3.29. The number of nitro groups is 1. The summed E-state index contributed by atoms with van der Waals surface area (Å²) in [7, 11) is 0. The molecule has 29 heavy (non-hydrogen) atoms. The van der Waals surface area contributed by atoms with Crippen LogP contribution in [0.3, 0.4) is 0 Å². The van der Waals surface area contributed by atoms with Crippen molar-refractivity contribution in [3.8, 4) is 0 Å². The smallest absolute Gasteiger partial charge is 0.270 e. The summed E-state index contributed by atoms with van der Waals surface area (Å²) < 4.78 is 1.12. The Morgan fingerprint density at radius 2 is 1.86 bits per heavy atom. The number of hydrogen-bond donors (Lipinski definition) is 0. The van der Waals surface area contributed by atoms with Gasteiger partial charge < -0.3 is 4.90 Å². The molecule has 1 aliphatic heterocycles. The Morgan fingerprint density at radius 1 is 1.17 bits per heavy atom. The van der Waals surface area contributed by atoms with Crippen LogP contribution in [0.5, 0.6) is 0 Å². The first-order chi connectivity index (χ1) is 13.8. The van der Waals surface area contributed by atoms with Crippen molar-refractivity contribution in [1.82, 2.24) is 9.47 Å². The van der Waals surface area contributed by atoms with Crippen molar-refractivity contribution in [1.29, 1.82) is 0 Å². The van der Waals surface area contributed by atoms with E-state index < -0.39 is 28.2 Å². The molecule has 1 aliphatic rings. The molecule has 0 unspecified atom stereocenters. The highest BCUT2D eigenvalue weighted by atomic mass is 16.6. The van der Waals surface area contributed by atoms with Crippen molar-refractivity contribution in [3.63, 3.8) is 0 Å². The van der Waals surface area contributed by atoms with Crippen LogP contribution in [0.2, 0.25) is 0 Å². The average molecular weight is 397 g/mol. The number of carbonyl (C=O) groups excluding carboxylic acids is 2. The second-order valence-electron chi connectivity index (χ2n) is 7.53. The van der Waals surface area contributed by atoms with Gasteiger partial charge in [-0.25, -0.2) is 0 Å². The summed E-state index contributed by atoms with van der Waals surface area (Å²) in [6.07, 6.45) is 3.08. The Balaban J connectivity index is 2.04. The molecule has 2 aromatic rings. The summed E-state index contributed by atoms with van der Waals surface area (Å²) in [4.78, 5) is 51.2. The number of piperidine rings is 1. The molecule has 0 bridgehead atoms. The van der Waals surface area contributed by atoms with Crippen LogP contribution in [-0.2, 0) is 4.79 Å². The fourth-order valence-corrected chi connectivity index (χ4v) is 3.49. The number of aryl methyl sites for hydroxylation is 1. The first-order valence-corrected chi connectivity index (χ1v) is 9.54. The van der Waals surface area contributed by atoms with Crippen LogP contribution >= 0.6 is 0 Å². The van der Waals surface area contributed by atoms with Crippen molar-refractivity contribution in [2.75, 3.05) is 13.1 Å². The molecular formula is C21H23N3O5. The van der Waals surface area contributed by atoms with Gasteiger partial charge in [0, 0.05) is 43.0 Å². The largest absolute Gasteiger partial charge is 0.340 e. The molecule has 1 fully saturated rings. The van der Waals surface area contributed by atoms with Gasteiger partial charge in [0.15, 0.2) is 11.8 Å². The molecule has 0 N–H and O–H groups in total. The molecule has 0 saturated carbocycles. The van der Waals surface area contributed by atoms with Crippen LogP contribution in [0.1, 0.15) is 41.7 Å². The normalized spacial score (nSPS) is 15.7. The van der Waals surface area contributed by atoms with Crippen molar-refractivity contribution in [3.05, 3.63) is 74.2 Å². The minimum atomic E-state index is -1.39. The Labute approximate surface area is 167 Å². The molecule has 0 radical (unpaired) electrons. The summed E-state index contributed by atoms with van der Waals surface area (Å²) in [6, 6.07) is 6.86. The van der Waals surface area contributed by atoms with E-state index in [9.17, 15) is 24.5 Å². The molecule has 8 nitrogen and oxygen atoms in total. The zero-order valence-corrected chi connectivity index (χ0v) is 16.4. The molecule has 2 heterocycles. The Kier molecular flexibility index (Phi) is 5.91. The van der Waals surface area contributed by atoms with Gasteiger partial charge in [0.1, 0.15) is 0 Å². The molecule has 1 aromatic carbocycles. The standard InChI is InChI=1S/C21H23N3O5/c1-14-6-9-22(10-7-14)21(27)19(23-11-8-15(2)12-18(23)25)20(26)16-4-3-5-17(13-16)24(28)29/h3-5,8,11-14,19H,6-7,9-10H2,1-2H3/t19-/m0/s1. The number of amides is 1. The van der Waals surface area contributed by atoms with Gasteiger partial charge >= 0.3 is 0 Å². The molecule has 0 spiro atoms. The maximum absolute atomic E-state index is 13.3. The molecule has 152 valence electrons. The topological polar surface area (TPSA) is 103 Å². The summed E-state index contributed by atoms with van der Waals surface area (Å²) in [5.74, 6) is -0.602. The first-order valence-electron chi connectivity index (χ1n) is 9.54. The van der Waals surface area contributed by atoms with Crippen LogP contribution in [0, 0.1) is 23.0 Å². The highest BCUT2D eigenvalue weighted by molar-refractivity contribution is 6.12. The number of rotatable bonds is 5. The lowest BCUT2D eigenvalue weighted by molar-refractivity contribution is -0.384. The molecular weight excluding hydrogens is 374 g/mol. The van der Waals surface area contributed by atoms with Crippen molar-refractivity contribution in [2.45, 2.75) is 32.7 Å². The van der Waals surface area contributed by atoms with E-state index in [4.69, 9.17) is 0 Å². The fraction of sp³-hybridized carbons (Fsp3) is 0.381. The number of ketones is 1. The van der Waals surface area contributed by atoms with Gasteiger partial charge in [0.2, 0.25) is 0 Å². The van der Waals surface area contributed by atoms with E-state index in [1.165, 1.54) is 30.5 Å². The third-order valence-corrected chi connectivity index (χ3v) is 5.30. The number of nitrogens with zero attached hydrogens (tertiary/aromatic N) is 3. The van der Waals surface area contributed by atoms with Gasteiger partial charge in [-0.05, 0) is 37.3 Å². The number of non-ortho nitro benzene ring substituents is 1. The van der Waals surface area contributed by atoms with E-state index in [1.54, 1.807) is 17.9 Å². The molecule has 1 aromatic heterocycles. The number of likely N-dealkylation sites (tertiary alicyclic amines) is 1. The average Bonchev–Trinajstić information content (AvgIpc) is 2.70. The molecule has 8 heteroatoms. The van der Waals surface area contributed by atoms with E-state index in [-0.39, 0.29) is 11.3 Å². The minimum absolute atomic E-state index is 0.0235. The van der Waals surface area contributed by atoms with Gasteiger partial charge in [-0.15, -0.1) is 0 Å². The number of nitro benzene ring substituents is 1. The zero-order chi connectivity index (χ0) is 21.1. The van der Waals surface area contributed by atoms with Crippen LogP contribution in [-0.4, -0.2) is 39.2 Å². The van der Waals surface area contributed by atoms with Crippen molar-refractivity contribution >= 4 is 17.4 Å². The maximum Gasteiger partial charge on any atom is 0.270 e. The van der Waals surface area contributed by atoms with E-state index in [2.05, 4.69) is 6.92 Å². The maximum atomic E-state index is 13.3. The van der Waals surface area contributed by atoms with Gasteiger partial charge in [-0.1, -0.05) is 19.1 Å². The van der Waals surface area contributed by atoms with Gasteiger partial charge in [-0.3, -0.25) is 29.1 Å². The van der Waals surface area contributed by atoms with Crippen LogP contribution in [0.15, 0.2) is 47.4 Å². The fourth-order valence-electron chi connectivity index (χ4n) is 3.49. The minimum Gasteiger partial charge on any atom is -0.340 e. The number of pyridine rings is 1. The van der Waals surface area contributed by atoms with Gasteiger partial charge in [0.05, 0.1) is 4.92 Å². The Morgan fingerprint density at radius 3 is 2.48 bits per heavy atom. The summed E-state index contributed by atoms with van der Waals surface area (Å²) in [6.45, 7) is 4.88. The molecule has 1 amide bonds. The summed E-state index contributed by atoms with van der Waals surface area (Å²) >= 11 is 0. The van der Waals surface area contributed by atoms with Gasteiger partial charge in [0.25, 0.3) is 17.2 Å². The zero-order valence-electron chi connectivity index (χ0n) is 16.4. The lowest BCUT2D eigenvalue weighted by Gasteiger charge is -2.33. The number of aromatic nitrogens is 1. The molecule has 1 atom stereocenters. The highest BCUT2D eigenvalue weighted by Gasteiger charge is 2.35. The van der Waals surface area contributed by atoms with Gasteiger partial charge in [-0.2, -0.15) is 0 Å². The van der Waals surface area contributed by atoms with E-state index in [0.29, 0.717) is 24.6 Å². The number of hydrogen-bond acceptors (Lipinski definition) is 5. The number of Topliss-reactive ketones (excluding diaryl/α,β-unsaturated/α-hetero) is 1. The monoisotopic (exact) mass is 397 g/mol. The first kappa shape index (κ1) is 20.4. The molecule has 1 saturated heterocycles. The number of benzene rings is 1. The molecule has 0 aliphatic carbocycles. The van der Waals surface area contributed by atoms with Crippen molar-refractivity contribution in [2.24, 2.45) is 5.92 Å². The lowest BCUT2D eigenvalue weighted by Crippen LogP contribution is -2.46. The quantitative estimate of drug-likeness (QED) is 0.334. The SMILES string of the molecule is Cc1ccn([C@@H](C(=O)c2cccc([N+](=O)[O-])c2)C(=O)N2CCC(C)CC2)c(=O)c1. The van der Waals surface area contributed by atoms with Crippen LogP contribution in [0.25, 0.3) is 0 Å². The summed E-state index contributed by atoms with van der Waals surface area (Å²) in [5, 5.41) is 11.1. The summed E-state index contributed by atoms with van der Waals surface area (Å²) in [5.41, 5.74) is 0.0278. The van der Waals surface area contributed by atoms with E-state index >= 15 is 0 Å². The third kappa shape index (κ3) is 4.42. The Bertz CT molecular complexity index is 1010. The molecule has 3 rings (SSSR count). The van der Waals surface area contributed by atoms with E-state index in [1.807, 2.05) is 0 Å². The predicted octanol–water partition coefficient (Wildman–Crippen LogP) is 2.75. The van der Waals surface area contributed by atoms with Crippen LogP contribution < -0.4 is 5.56 Å². The van der Waals surface area contributed by atoms with Crippen molar-refractivity contribution < 1.29 is 14.5 Å². The lowest BCUT2D eigenvalue weighted by atomic mass is 9.97. The second kappa shape index (κ2) is 8.38. The third-order valence-electron chi connectivity index (χ3n) is 5.30. The van der Waals surface area contributed by atoms with Crippen LogP contribution in [0.4, 0.5) is 5.69 Å².